The molecule has 0 aliphatic rings. The van der Waals surface area contributed by atoms with E-state index in [1.54, 1.807) is 42.5 Å². The van der Waals surface area contributed by atoms with Gasteiger partial charge in [-0.05, 0) is 30.3 Å². The van der Waals surface area contributed by atoms with E-state index in [4.69, 9.17) is 28.9 Å². The van der Waals surface area contributed by atoms with E-state index in [0.717, 1.165) is 0 Å². The Morgan fingerprint density at radius 2 is 1.95 bits per heavy atom. The lowest BCUT2D eigenvalue weighted by molar-refractivity contribution is 0.102. The highest BCUT2D eigenvalue weighted by molar-refractivity contribution is 6.34. The Balaban J connectivity index is 2.33. The summed E-state index contributed by atoms with van der Waals surface area (Å²) < 4.78 is 0. The zero-order chi connectivity index (χ0) is 15.2. The third-order valence-electron chi connectivity index (χ3n) is 2.67. The van der Waals surface area contributed by atoms with Crippen LogP contribution in [0, 0.1) is 11.8 Å². The molecule has 0 bridgehead atoms. The zero-order valence-corrected chi connectivity index (χ0v) is 12.5. The Kier molecular flexibility index (Phi) is 5.24. The topological polar surface area (TPSA) is 55.1 Å². The minimum atomic E-state index is -0.321. The minimum absolute atomic E-state index is 0.237. The van der Waals surface area contributed by atoms with Gasteiger partial charge in [-0.1, -0.05) is 47.2 Å². The molecule has 0 spiro atoms. The number of carbonyl (C=O) groups excluding carboxylic acids is 1. The first-order valence-corrected chi connectivity index (χ1v) is 6.92. The van der Waals surface area contributed by atoms with Crippen LogP contribution in [0.25, 0.3) is 0 Å². The van der Waals surface area contributed by atoms with Crippen LogP contribution in [0.5, 0.6) is 0 Å². The van der Waals surface area contributed by atoms with Gasteiger partial charge in [0.1, 0.15) is 0 Å². The van der Waals surface area contributed by atoms with Crippen LogP contribution >= 0.6 is 23.2 Å². The van der Waals surface area contributed by atoms with Gasteiger partial charge in [0.15, 0.2) is 0 Å². The van der Waals surface area contributed by atoms with Gasteiger partial charge in [-0.2, -0.15) is 0 Å². The molecule has 3 N–H and O–H groups in total. The number of nitrogens with one attached hydrogen (secondary N) is 1. The van der Waals surface area contributed by atoms with Crippen LogP contribution in [0.1, 0.15) is 15.9 Å². The van der Waals surface area contributed by atoms with E-state index in [1.165, 1.54) is 0 Å². The molecule has 2 rings (SSSR count). The zero-order valence-electron chi connectivity index (χ0n) is 11.0. The summed E-state index contributed by atoms with van der Waals surface area (Å²) in [4.78, 5) is 12.3. The summed E-state index contributed by atoms with van der Waals surface area (Å²) in [5, 5.41) is 3.65. The molecule has 106 valence electrons. The molecule has 3 nitrogen and oxygen atoms in total. The van der Waals surface area contributed by atoms with E-state index in [-0.39, 0.29) is 12.5 Å². The highest BCUT2D eigenvalue weighted by Crippen LogP contribution is 2.22. The number of rotatable bonds is 2. The number of hydrogen-bond donors (Lipinski definition) is 2. The molecule has 0 atom stereocenters. The average molecular weight is 319 g/mol. The lowest BCUT2D eigenvalue weighted by atomic mass is 10.1. The fraction of sp³-hybridized carbons (Fsp3) is 0.0625. The van der Waals surface area contributed by atoms with E-state index >= 15 is 0 Å². The van der Waals surface area contributed by atoms with Crippen molar-refractivity contribution in [2.45, 2.75) is 0 Å². The monoisotopic (exact) mass is 318 g/mol. The van der Waals surface area contributed by atoms with Gasteiger partial charge in [0.2, 0.25) is 0 Å². The van der Waals surface area contributed by atoms with Crippen molar-refractivity contribution in [1.29, 1.82) is 0 Å². The molecule has 0 aliphatic heterocycles. The number of nitrogens with two attached hydrogens (primary N) is 1. The van der Waals surface area contributed by atoms with Crippen molar-refractivity contribution in [2.24, 2.45) is 5.73 Å². The first-order chi connectivity index (χ1) is 10.1. The van der Waals surface area contributed by atoms with Crippen LogP contribution in [0.3, 0.4) is 0 Å². The highest BCUT2D eigenvalue weighted by Gasteiger charge is 2.11. The number of amides is 1. The summed E-state index contributed by atoms with van der Waals surface area (Å²) in [6, 6.07) is 11.9. The molecule has 1 amide bonds. The van der Waals surface area contributed by atoms with Crippen molar-refractivity contribution in [3.63, 3.8) is 0 Å². The molecule has 0 radical (unpaired) electrons. The average Bonchev–Trinajstić information content (AvgIpc) is 2.47. The van der Waals surface area contributed by atoms with E-state index in [0.29, 0.717) is 26.9 Å². The molecule has 21 heavy (non-hydrogen) atoms. The van der Waals surface area contributed by atoms with Crippen molar-refractivity contribution in [2.75, 3.05) is 11.9 Å². The summed E-state index contributed by atoms with van der Waals surface area (Å²) >= 11 is 12.0. The van der Waals surface area contributed by atoms with E-state index < -0.39 is 0 Å². The SMILES string of the molecule is NCC#Cc1ccc(Cl)cc1NC(=O)c1ccccc1Cl. The lowest BCUT2D eigenvalue weighted by Gasteiger charge is -2.09. The van der Waals surface area contributed by atoms with Crippen molar-refractivity contribution in [1.82, 2.24) is 0 Å². The fourth-order valence-corrected chi connectivity index (χ4v) is 2.10. The maximum Gasteiger partial charge on any atom is 0.257 e. The first kappa shape index (κ1) is 15.4. The van der Waals surface area contributed by atoms with E-state index in [1.807, 2.05) is 0 Å². The highest BCUT2D eigenvalue weighted by atomic mass is 35.5. The van der Waals surface area contributed by atoms with E-state index in [9.17, 15) is 4.79 Å². The Bertz CT molecular complexity index is 733. The molecule has 0 heterocycles. The number of benzene rings is 2. The summed E-state index contributed by atoms with van der Waals surface area (Å²) in [6.45, 7) is 0.237. The van der Waals surface area contributed by atoms with Crippen molar-refractivity contribution in [3.8, 4) is 11.8 Å². The van der Waals surface area contributed by atoms with Gasteiger partial charge in [-0.15, -0.1) is 0 Å². The Labute approximate surface area is 133 Å². The van der Waals surface area contributed by atoms with Crippen LogP contribution in [0.15, 0.2) is 42.5 Å². The van der Waals surface area contributed by atoms with Gasteiger partial charge in [0, 0.05) is 10.6 Å². The molecule has 2 aromatic carbocycles. The predicted molar refractivity (Wildman–Crippen MR) is 86.8 cm³/mol. The summed E-state index contributed by atoms with van der Waals surface area (Å²) in [7, 11) is 0. The molecular weight excluding hydrogens is 307 g/mol. The lowest BCUT2D eigenvalue weighted by Crippen LogP contribution is -2.13. The molecule has 0 unspecified atom stereocenters. The van der Waals surface area contributed by atoms with Gasteiger partial charge < -0.3 is 11.1 Å². The second kappa shape index (κ2) is 7.14. The quantitative estimate of drug-likeness (QED) is 0.832. The van der Waals surface area contributed by atoms with Gasteiger partial charge in [-0.25, -0.2) is 0 Å². The Morgan fingerprint density at radius 1 is 1.19 bits per heavy atom. The Morgan fingerprint density at radius 3 is 2.67 bits per heavy atom. The van der Waals surface area contributed by atoms with Gasteiger partial charge in [0.25, 0.3) is 5.91 Å². The molecule has 0 saturated carbocycles. The van der Waals surface area contributed by atoms with Crippen LogP contribution in [0.4, 0.5) is 5.69 Å². The van der Waals surface area contributed by atoms with Crippen LogP contribution in [0.2, 0.25) is 10.0 Å². The van der Waals surface area contributed by atoms with Crippen molar-refractivity contribution < 1.29 is 4.79 Å². The molecule has 0 aliphatic carbocycles. The van der Waals surface area contributed by atoms with Gasteiger partial charge >= 0.3 is 0 Å². The normalized spacial score (nSPS) is 9.67. The number of halogens is 2. The standard InChI is InChI=1S/C16H12Cl2N2O/c17-12-8-7-11(4-3-9-19)15(10-12)20-16(21)13-5-1-2-6-14(13)18/h1-2,5-8,10H,9,19H2,(H,20,21). The van der Waals surface area contributed by atoms with Gasteiger partial charge in [-0.3, -0.25) is 4.79 Å². The number of hydrogen-bond acceptors (Lipinski definition) is 2. The molecule has 0 saturated heterocycles. The smallest absolute Gasteiger partial charge is 0.257 e. The third kappa shape index (κ3) is 3.99. The van der Waals surface area contributed by atoms with Crippen LogP contribution in [-0.2, 0) is 0 Å². The molecule has 2 aromatic rings. The predicted octanol–water partition coefficient (Wildman–Crippen LogP) is 3.56. The van der Waals surface area contributed by atoms with Gasteiger partial charge in [0.05, 0.1) is 22.8 Å². The van der Waals surface area contributed by atoms with Crippen LogP contribution < -0.4 is 11.1 Å². The Hall–Kier alpha value is -1.99. The third-order valence-corrected chi connectivity index (χ3v) is 3.24. The number of carbonyl (C=O) groups is 1. The van der Waals surface area contributed by atoms with Crippen LogP contribution in [-0.4, -0.2) is 12.5 Å². The molecular formula is C16H12Cl2N2O. The van der Waals surface area contributed by atoms with E-state index in [2.05, 4.69) is 17.2 Å². The van der Waals surface area contributed by atoms with Crippen molar-refractivity contribution >= 4 is 34.8 Å². The second-order valence-corrected chi connectivity index (χ2v) is 4.97. The molecule has 5 heteroatoms. The first-order valence-electron chi connectivity index (χ1n) is 6.16. The largest absolute Gasteiger partial charge is 0.321 e. The van der Waals surface area contributed by atoms with Crippen molar-refractivity contribution in [3.05, 3.63) is 63.6 Å². The summed E-state index contributed by atoms with van der Waals surface area (Å²) in [5.41, 5.74) is 6.92. The maximum absolute atomic E-state index is 12.3. The second-order valence-electron chi connectivity index (χ2n) is 4.13. The molecule has 0 fully saturated rings. The fourth-order valence-electron chi connectivity index (χ4n) is 1.71. The minimum Gasteiger partial charge on any atom is -0.321 e. The summed E-state index contributed by atoms with van der Waals surface area (Å²) in [6.07, 6.45) is 0. The summed E-state index contributed by atoms with van der Waals surface area (Å²) in [5.74, 6) is 5.32. The maximum atomic E-state index is 12.3. The molecule has 0 aromatic heterocycles. The number of anilines is 1.